The van der Waals surface area contributed by atoms with Gasteiger partial charge in [-0.25, -0.2) is 9.97 Å². The normalized spacial score (nSPS) is 10.7. The van der Waals surface area contributed by atoms with Gasteiger partial charge in [0.25, 0.3) is 11.1 Å². The molecule has 0 aliphatic rings. The van der Waals surface area contributed by atoms with Crippen molar-refractivity contribution in [2.45, 2.75) is 11.8 Å². The predicted molar refractivity (Wildman–Crippen MR) is 111 cm³/mol. The molecule has 0 fully saturated rings. The van der Waals surface area contributed by atoms with Crippen LogP contribution in [0.4, 0.5) is 5.69 Å². The van der Waals surface area contributed by atoms with Gasteiger partial charge in [-0.3, -0.25) is 4.79 Å². The van der Waals surface area contributed by atoms with E-state index in [-0.39, 0.29) is 29.4 Å². The van der Waals surface area contributed by atoms with Gasteiger partial charge in [0.05, 0.1) is 30.1 Å². The third-order valence-corrected chi connectivity index (χ3v) is 4.74. The first-order valence-corrected chi connectivity index (χ1v) is 9.92. The highest BCUT2D eigenvalue weighted by Crippen LogP contribution is 2.19. The van der Waals surface area contributed by atoms with Gasteiger partial charge in [0.1, 0.15) is 5.75 Å². The Kier molecular flexibility index (Phi) is 6.04. The Morgan fingerprint density at radius 1 is 1.10 bits per heavy atom. The number of hydrogen-bond acceptors (Lipinski definition) is 9. The number of amides is 1. The van der Waals surface area contributed by atoms with Crippen LogP contribution in [0.3, 0.4) is 0 Å². The Morgan fingerprint density at radius 3 is 2.70 bits per heavy atom. The molecule has 0 saturated heterocycles. The van der Waals surface area contributed by atoms with E-state index in [4.69, 9.17) is 13.9 Å². The molecule has 0 unspecified atom stereocenters. The molecule has 2 heterocycles. The van der Waals surface area contributed by atoms with Crippen LogP contribution < -0.4 is 14.8 Å². The van der Waals surface area contributed by atoms with Crippen molar-refractivity contribution < 1.29 is 18.7 Å². The number of aromatic nitrogens is 4. The Morgan fingerprint density at radius 2 is 1.90 bits per heavy atom. The summed E-state index contributed by atoms with van der Waals surface area (Å²) >= 11 is 1.14. The van der Waals surface area contributed by atoms with E-state index in [1.54, 1.807) is 31.4 Å². The van der Waals surface area contributed by atoms with Gasteiger partial charge in [0.15, 0.2) is 6.61 Å². The number of carbonyl (C=O) groups excluding carboxylic acids is 1. The van der Waals surface area contributed by atoms with Crippen LogP contribution in [0, 0.1) is 0 Å². The van der Waals surface area contributed by atoms with E-state index in [1.165, 1.54) is 6.20 Å². The molecule has 9 nitrogen and oxygen atoms in total. The van der Waals surface area contributed by atoms with Gasteiger partial charge in [0.2, 0.25) is 11.8 Å². The number of nitrogens with one attached hydrogen (secondary N) is 1. The van der Waals surface area contributed by atoms with Crippen LogP contribution in [0.15, 0.2) is 64.4 Å². The highest BCUT2D eigenvalue weighted by atomic mass is 32.2. The largest absolute Gasteiger partial charge is 0.497 e. The maximum absolute atomic E-state index is 12.1. The van der Waals surface area contributed by atoms with E-state index >= 15 is 0 Å². The summed E-state index contributed by atoms with van der Waals surface area (Å²) in [7, 11) is 1.59. The quantitative estimate of drug-likeness (QED) is 0.426. The van der Waals surface area contributed by atoms with Crippen molar-refractivity contribution in [1.82, 2.24) is 20.2 Å². The summed E-state index contributed by atoms with van der Waals surface area (Å²) < 4.78 is 16.1. The Hall–Kier alpha value is -3.66. The molecule has 152 valence electrons. The van der Waals surface area contributed by atoms with Gasteiger partial charge in [0, 0.05) is 5.69 Å². The lowest BCUT2D eigenvalue weighted by molar-refractivity contribution is -0.113. The number of nitrogens with zero attached hydrogens (tertiary/aromatic N) is 4. The van der Waals surface area contributed by atoms with Crippen molar-refractivity contribution >= 4 is 34.4 Å². The minimum absolute atomic E-state index is 0.0542. The van der Waals surface area contributed by atoms with Crippen molar-refractivity contribution in [3.8, 4) is 11.6 Å². The fourth-order valence-corrected chi connectivity index (χ4v) is 3.08. The summed E-state index contributed by atoms with van der Waals surface area (Å²) in [5.41, 5.74) is 2.20. The summed E-state index contributed by atoms with van der Waals surface area (Å²) in [6, 6.07) is 14.6. The zero-order chi connectivity index (χ0) is 20.8. The van der Waals surface area contributed by atoms with Crippen molar-refractivity contribution in [1.29, 1.82) is 0 Å². The van der Waals surface area contributed by atoms with Crippen LogP contribution in [-0.4, -0.2) is 38.9 Å². The maximum atomic E-state index is 12.1. The van der Waals surface area contributed by atoms with E-state index in [2.05, 4.69) is 25.5 Å². The second-order valence-electron chi connectivity index (χ2n) is 6.01. The number of anilines is 1. The zero-order valence-electron chi connectivity index (χ0n) is 15.9. The molecule has 2 aromatic carbocycles. The fourth-order valence-electron chi connectivity index (χ4n) is 2.50. The number of thioether (sulfide) groups is 1. The summed E-state index contributed by atoms with van der Waals surface area (Å²) in [4.78, 5) is 20.7. The average molecular weight is 423 g/mol. The van der Waals surface area contributed by atoms with Gasteiger partial charge in [-0.2, -0.15) is 0 Å². The molecule has 0 saturated carbocycles. The van der Waals surface area contributed by atoms with E-state index in [1.807, 2.05) is 24.3 Å². The number of carbonyl (C=O) groups is 1. The number of ether oxygens (including phenoxy) is 2. The maximum Gasteiger partial charge on any atom is 0.277 e. The van der Waals surface area contributed by atoms with Crippen LogP contribution in [-0.2, 0) is 11.4 Å². The topological polar surface area (TPSA) is 112 Å². The monoisotopic (exact) mass is 423 g/mol. The second kappa shape index (κ2) is 9.23. The van der Waals surface area contributed by atoms with Gasteiger partial charge < -0.3 is 19.2 Å². The third-order valence-electron chi connectivity index (χ3n) is 3.92. The first-order chi connectivity index (χ1) is 14.7. The highest BCUT2D eigenvalue weighted by Gasteiger charge is 2.11. The molecule has 10 heteroatoms. The lowest BCUT2D eigenvalue weighted by Crippen LogP contribution is -2.13. The Balaban J connectivity index is 1.26. The van der Waals surface area contributed by atoms with Gasteiger partial charge >= 0.3 is 0 Å². The molecule has 30 heavy (non-hydrogen) atoms. The molecule has 0 aliphatic heterocycles. The summed E-state index contributed by atoms with van der Waals surface area (Å²) in [5.74, 6) is 1.30. The third kappa shape index (κ3) is 5.03. The number of methoxy groups -OCH3 is 1. The standard InChI is InChI=1S/C20H17N5O4S/c1-27-14-8-6-13(7-9-14)22-17(26)12-30-20-25-24-19(29-20)11-28-18-10-21-15-4-2-3-5-16(15)23-18/h2-10H,11-12H2,1H3,(H,22,26). The lowest BCUT2D eigenvalue weighted by atomic mass is 10.3. The molecule has 4 aromatic rings. The molecule has 2 aromatic heterocycles. The molecule has 4 rings (SSSR count). The Bertz CT molecular complexity index is 1150. The van der Waals surface area contributed by atoms with Crippen molar-refractivity contribution in [2.75, 3.05) is 18.2 Å². The number of rotatable bonds is 8. The van der Waals surface area contributed by atoms with Crippen molar-refractivity contribution in [2.24, 2.45) is 0 Å². The highest BCUT2D eigenvalue weighted by molar-refractivity contribution is 7.99. The molecule has 1 amide bonds. The first kappa shape index (κ1) is 19.6. The van der Waals surface area contributed by atoms with Crippen LogP contribution in [0.2, 0.25) is 0 Å². The van der Waals surface area contributed by atoms with E-state index in [0.29, 0.717) is 11.6 Å². The second-order valence-corrected chi connectivity index (χ2v) is 6.94. The lowest BCUT2D eigenvalue weighted by Gasteiger charge is -2.05. The SMILES string of the molecule is COc1ccc(NC(=O)CSc2nnc(COc3cnc4ccccc4n3)o2)cc1. The molecule has 0 atom stereocenters. The zero-order valence-corrected chi connectivity index (χ0v) is 16.8. The molecule has 0 bridgehead atoms. The summed E-state index contributed by atoms with van der Waals surface area (Å²) in [6.45, 7) is 0.0542. The van der Waals surface area contributed by atoms with Crippen LogP contribution in [0.5, 0.6) is 11.6 Å². The number of hydrogen-bond donors (Lipinski definition) is 1. The molecular formula is C20H17N5O4S. The molecule has 0 aliphatic carbocycles. The molecular weight excluding hydrogens is 406 g/mol. The van der Waals surface area contributed by atoms with Gasteiger partial charge in [-0.05, 0) is 36.4 Å². The Labute approximate surface area is 175 Å². The van der Waals surface area contributed by atoms with Crippen LogP contribution in [0.1, 0.15) is 5.89 Å². The van der Waals surface area contributed by atoms with E-state index in [9.17, 15) is 4.79 Å². The van der Waals surface area contributed by atoms with Crippen molar-refractivity contribution in [3.05, 3.63) is 60.6 Å². The number of para-hydroxylation sites is 2. The predicted octanol–water partition coefficient (Wildman–Crippen LogP) is 3.33. The van der Waals surface area contributed by atoms with Gasteiger partial charge in [-0.15, -0.1) is 10.2 Å². The smallest absolute Gasteiger partial charge is 0.277 e. The summed E-state index contributed by atoms with van der Waals surface area (Å²) in [6.07, 6.45) is 1.54. The number of fused-ring (bicyclic) bond motifs is 1. The van der Waals surface area contributed by atoms with E-state index in [0.717, 1.165) is 28.5 Å². The first-order valence-electron chi connectivity index (χ1n) is 8.93. The van der Waals surface area contributed by atoms with Crippen molar-refractivity contribution in [3.63, 3.8) is 0 Å². The minimum Gasteiger partial charge on any atom is -0.497 e. The summed E-state index contributed by atoms with van der Waals surface area (Å²) in [5, 5.41) is 10.9. The average Bonchev–Trinajstić information content (AvgIpc) is 3.24. The number of benzene rings is 2. The van der Waals surface area contributed by atoms with Crippen LogP contribution >= 0.6 is 11.8 Å². The molecule has 0 radical (unpaired) electrons. The molecule has 0 spiro atoms. The minimum atomic E-state index is -0.187. The van der Waals surface area contributed by atoms with Gasteiger partial charge in [-0.1, -0.05) is 23.9 Å². The fraction of sp³-hybridized carbons (Fsp3) is 0.150. The molecule has 1 N–H and O–H groups in total. The van der Waals surface area contributed by atoms with Crippen LogP contribution in [0.25, 0.3) is 11.0 Å². The van der Waals surface area contributed by atoms with E-state index < -0.39 is 0 Å².